The minimum absolute atomic E-state index is 0.0437. The van der Waals surface area contributed by atoms with E-state index in [1.54, 1.807) is 32.1 Å². The van der Waals surface area contributed by atoms with Crippen molar-refractivity contribution in [2.45, 2.75) is 154 Å². The van der Waals surface area contributed by atoms with Gasteiger partial charge in [0.1, 0.15) is 24.4 Å². The number of aryl methyl sites for hydroxylation is 1. The molecule has 20 nitrogen and oxygen atoms in total. The number of anilines is 3. The summed E-state index contributed by atoms with van der Waals surface area (Å²) in [5.74, 6) is 0.993. The van der Waals surface area contributed by atoms with Crippen LogP contribution in [0.3, 0.4) is 0 Å². The summed E-state index contributed by atoms with van der Waals surface area (Å²) in [6.45, 7) is 20.5. The molecule has 5 fully saturated rings. The number of pyridine rings is 1. The van der Waals surface area contributed by atoms with E-state index in [1.807, 2.05) is 47.5 Å². The van der Waals surface area contributed by atoms with Crippen LogP contribution in [0.15, 0.2) is 84.6 Å². The molecular formula is C68H88FN15O5S. The zero-order chi connectivity index (χ0) is 62.7. The third-order valence-corrected chi connectivity index (χ3v) is 20.0. The number of nitrogens with one attached hydrogen (secondary N) is 6. The van der Waals surface area contributed by atoms with E-state index in [4.69, 9.17) is 24.8 Å². The molecule has 7 aromatic rings. The van der Waals surface area contributed by atoms with Crippen LogP contribution in [0.25, 0.3) is 38.1 Å². The van der Waals surface area contributed by atoms with Crippen LogP contribution in [-0.4, -0.2) is 169 Å². The number of β-amino-alcohol motifs (C(OH)–C–C–N with tert-alkyl or cyclic N) is 1. The van der Waals surface area contributed by atoms with Crippen molar-refractivity contribution >= 4 is 63.1 Å². The monoisotopic (exact) mass is 1250 g/mol. The maximum absolute atomic E-state index is 14.8. The summed E-state index contributed by atoms with van der Waals surface area (Å²) in [5, 5.41) is 37.9. The lowest BCUT2D eigenvalue weighted by atomic mass is 9.85. The highest BCUT2D eigenvalue weighted by molar-refractivity contribution is 7.13. The highest BCUT2D eigenvalue weighted by Crippen LogP contribution is 2.41. The van der Waals surface area contributed by atoms with Gasteiger partial charge in [0, 0.05) is 91.7 Å². The minimum atomic E-state index is -1.97. The molecule has 4 saturated heterocycles. The molecule has 12 rings (SSSR count). The first-order valence-electron chi connectivity index (χ1n) is 32.5. The SMILES string of the molecule is Cc1ncsc1-c1ccc(CNC(=O)[C@@H]2C[C@@H](O)CN2C(=O)C(NC(=O)C2(F)CC2)C(C)(C)C)c(OCCN2CCC(N3CCC(CNc4ccc5c(-c6ccccc6CNc6nc(N[C@@H]7CCCNC7)nc7c(C(C)C)cnn67)nccc5c4)CC3)CC2)c1. The normalized spacial score (nSPS) is 20.5. The molecule has 22 heteroatoms. The van der Waals surface area contributed by atoms with E-state index in [0.29, 0.717) is 42.8 Å². The number of ether oxygens (including phenoxy) is 1. The van der Waals surface area contributed by atoms with E-state index in [-0.39, 0.29) is 44.3 Å². The van der Waals surface area contributed by atoms with Gasteiger partial charge in [-0.2, -0.15) is 19.6 Å². The molecule has 3 aromatic carbocycles. The van der Waals surface area contributed by atoms with E-state index in [2.05, 4.69) is 109 Å². The number of carbonyl (C=O) groups is 3. The predicted molar refractivity (Wildman–Crippen MR) is 351 cm³/mol. The lowest BCUT2D eigenvalue weighted by Crippen LogP contribution is -2.59. The van der Waals surface area contributed by atoms with Gasteiger partial charge in [0.05, 0.1) is 34.1 Å². The van der Waals surface area contributed by atoms with Gasteiger partial charge in [-0.1, -0.05) is 77.1 Å². The fourth-order valence-corrected chi connectivity index (χ4v) is 14.2. The molecule has 8 heterocycles. The summed E-state index contributed by atoms with van der Waals surface area (Å²) < 4.78 is 23.2. The number of aliphatic hydroxyl groups excluding tert-OH is 1. The molecule has 1 saturated carbocycles. The Labute approximate surface area is 531 Å². The number of amides is 3. The molecule has 90 heavy (non-hydrogen) atoms. The van der Waals surface area contributed by atoms with E-state index >= 15 is 0 Å². The first kappa shape index (κ1) is 62.8. The topological polar surface area (TPSA) is 231 Å². The summed E-state index contributed by atoms with van der Waals surface area (Å²) in [6, 6.07) is 22.0. The molecule has 1 unspecified atom stereocenters. The van der Waals surface area contributed by atoms with Gasteiger partial charge in [0.25, 0.3) is 5.91 Å². The molecule has 7 N–H and O–H groups in total. The van der Waals surface area contributed by atoms with Crippen molar-refractivity contribution < 1.29 is 28.6 Å². The number of likely N-dealkylation sites (tertiary alicyclic amines) is 3. The van der Waals surface area contributed by atoms with Crippen LogP contribution in [0.4, 0.5) is 22.0 Å². The van der Waals surface area contributed by atoms with Crippen LogP contribution in [0.2, 0.25) is 0 Å². The van der Waals surface area contributed by atoms with Gasteiger partial charge in [-0.25, -0.2) is 9.37 Å². The van der Waals surface area contributed by atoms with E-state index in [0.717, 1.165) is 157 Å². The molecule has 5 aliphatic rings. The number of halogens is 1. The number of thiazole rings is 1. The van der Waals surface area contributed by atoms with Gasteiger partial charge in [0.2, 0.25) is 23.7 Å². The average molecular weight is 1250 g/mol. The molecule has 4 aromatic heterocycles. The van der Waals surface area contributed by atoms with Crippen LogP contribution in [0, 0.1) is 18.3 Å². The lowest BCUT2D eigenvalue weighted by molar-refractivity contribution is -0.145. The number of nitrogens with zero attached hydrogens (tertiary/aromatic N) is 9. The lowest BCUT2D eigenvalue weighted by Gasteiger charge is -2.42. The van der Waals surface area contributed by atoms with Gasteiger partial charge in [-0.05, 0) is 149 Å². The van der Waals surface area contributed by atoms with Crippen molar-refractivity contribution in [3.63, 3.8) is 0 Å². The summed E-state index contributed by atoms with van der Waals surface area (Å²) in [4.78, 5) is 67.8. The molecular weight excluding hydrogens is 1160 g/mol. The number of hydrogen-bond acceptors (Lipinski definition) is 17. The zero-order valence-electron chi connectivity index (χ0n) is 52.9. The number of carbonyl (C=O) groups excluding carboxylic acids is 3. The highest BCUT2D eigenvalue weighted by Gasteiger charge is 2.53. The van der Waals surface area contributed by atoms with Crippen molar-refractivity contribution in [1.29, 1.82) is 0 Å². The number of alkyl halides is 1. The Morgan fingerprint density at radius 1 is 0.922 bits per heavy atom. The van der Waals surface area contributed by atoms with Crippen LogP contribution in [0.1, 0.15) is 121 Å². The predicted octanol–water partition coefficient (Wildman–Crippen LogP) is 8.95. The number of aliphatic hydroxyl groups is 1. The molecule has 1 aliphatic carbocycles. The number of hydrogen-bond donors (Lipinski definition) is 7. The highest BCUT2D eigenvalue weighted by atomic mass is 32.1. The zero-order valence-corrected chi connectivity index (χ0v) is 53.7. The summed E-state index contributed by atoms with van der Waals surface area (Å²) in [5.41, 5.74) is 7.89. The second-order valence-electron chi connectivity index (χ2n) is 26.9. The Kier molecular flexibility index (Phi) is 19.0. The molecule has 4 aliphatic heterocycles. The molecule has 0 spiro atoms. The maximum Gasteiger partial charge on any atom is 0.258 e. The van der Waals surface area contributed by atoms with Gasteiger partial charge in [-0.15, -0.1) is 11.3 Å². The Balaban J connectivity index is 0.612. The standard InChI is InChI=1S/C68H88FN15O5S/c1-42(2)55-39-76-84-61(55)79-65(77-50-11-9-24-70-38-50)80-66(84)74-36-47-10-7-8-12-53(47)58-54-16-15-49(32-45(54)17-25-71-58)72-35-44-18-28-82(29-19-44)51-20-26-81(27-21-51)30-31-89-57-33-46(59-43(3)75-41-90-59)13-14-48(57)37-73-62(86)56-34-52(85)40-83(56)63(87)60(67(4,5)6)78-64(88)68(69)22-23-68/h7-8,10,12-17,25,32-33,39,41-42,44,50-52,56,60,70,72,85H,9,11,18-24,26-31,34-38,40H2,1-6H3,(H,73,86)(H,78,88)(H2,74,77,79,80)/t50-,52-,56+,60?/m1/s1. The largest absolute Gasteiger partial charge is 0.492 e. The van der Waals surface area contributed by atoms with Crippen LogP contribution < -0.4 is 36.6 Å². The van der Waals surface area contributed by atoms with Crippen molar-refractivity contribution in [2.24, 2.45) is 11.3 Å². The van der Waals surface area contributed by atoms with Gasteiger partial charge < -0.3 is 51.5 Å². The van der Waals surface area contributed by atoms with Gasteiger partial charge in [0.15, 0.2) is 11.3 Å². The van der Waals surface area contributed by atoms with E-state index < -0.39 is 47.0 Å². The Morgan fingerprint density at radius 2 is 1.73 bits per heavy atom. The third-order valence-electron chi connectivity index (χ3n) is 19.0. The van der Waals surface area contributed by atoms with Crippen LogP contribution >= 0.6 is 11.3 Å². The molecule has 3 amide bonds. The maximum atomic E-state index is 14.8. The number of piperidine rings is 3. The molecule has 0 bridgehead atoms. The summed E-state index contributed by atoms with van der Waals surface area (Å²) in [6.07, 6.45) is 9.88. The summed E-state index contributed by atoms with van der Waals surface area (Å²) in [7, 11) is 0. The molecule has 0 radical (unpaired) electrons. The Hall–Kier alpha value is -7.37. The number of aromatic nitrogens is 6. The third kappa shape index (κ3) is 14.4. The molecule has 478 valence electrons. The van der Waals surface area contributed by atoms with Crippen molar-refractivity contribution in [3.8, 4) is 27.4 Å². The minimum Gasteiger partial charge on any atom is -0.492 e. The Morgan fingerprint density at radius 3 is 2.48 bits per heavy atom. The molecule has 4 atom stereocenters. The van der Waals surface area contributed by atoms with Crippen molar-refractivity contribution in [3.05, 3.63) is 107 Å². The smallest absolute Gasteiger partial charge is 0.258 e. The second kappa shape index (κ2) is 27.2. The van der Waals surface area contributed by atoms with Crippen LogP contribution in [-0.2, 0) is 27.5 Å². The van der Waals surface area contributed by atoms with Crippen molar-refractivity contribution in [1.82, 2.24) is 60.2 Å². The summed E-state index contributed by atoms with van der Waals surface area (Å²) >= 11 is 1.56. The van der Waals surface area contributed by atoms with Gasteiger partial charge >= 0.3 is 0 Å². The first-order chi connectivity index (χ1) is 43.4. The average Bonchev–Trinajstić information content (AvgIpc) is 2.10. The second-order valence-corrected chi connectivity index (χ2v) is 27.7. The van der Waals surface area contributed by atoms with Crippen molar-refractivity contribution in [2.75, 3.05) is 81.5 Å². The Bertz CT molecular complexity index is 3680. The van der Waals surface area contributed by atoms with E-state index in [9.17, 15) is 23.9 Å². The number of rotatable bonds is 22. The van der Waals surface area contributed by atoms with Crippen LogP contribution in [0.5, 0.6) is 5.75 Å². The quantitative estimate of drug-likeness (QED) is 0.0336. The van der Waals surface area contributed by atoms with E-state index in [1.165, 1.54) is 4.90 Å². The first-order valence-corrected chi connectivity index (χ1v) is 33.4. The number of benzene rings is 3. The fourth-order valence-electron chi connectivity index (χ4n) is 13.4. The van der Waals surface area contributed by atoms with Gasteiger partial charge in [-0.3, -0.25) is 24.3 Å². The number of fused-ring (bicyclic) bond motifs is 2. The fraction of sp³-hybridized carbons (Fsp3) is 0.529.